The van der Waals surface area contributed by atoms with Crippen LogP contribution < -0.4 is 5.32 Å². The van der Waals surface area contributed by atoms with E-state index in [1.54, 1.807) is 0 Å². The molecule has 96 valence electrons. The van der Waals surface area contributed by atoms with Gasteiger partial charge in [-0.2, -0.15) is 0 Å². The Morgan fingerprint density at radius 3 is 2.38 bits per heavy atom. The second-order valence-electron chi connectivity index (χ2n) is 3.33. The van der Waals surface area contributed by atoms with Gasteiger partial charge in [0.1, 0.15) is 0 Å². The van der Waals surface area contributed by atoms with Gasteiger partial charge >= 0.3 is 0 Å². The lowest BCUT2D eigenvalue weighted by Gasteiger charge is -2.17. The van der Waals surface area contributed by atoms with E-state index in [9.17, 15) is 4.79 Å². The van der Waals surface area contributed by atoms with Crippen molar-refractivity contribution in [1.82, 2.24) is 5.32 Å². The van der Waals surface area contributed by atoms with Crippen molar-refractivity contribution in [2.45, 2.75) is 39.4 Å². The second kappa shape index (κ2) is 10.9. The van der Waals surface area contributed by atoms with E-state index in [1.165, 1.54) is 0 Å². The van der Waals surface area contributed by atoms with Crippen LogP contribution >= 0.6 is 0 Å². The molecule has 0 rings (SSSR count). The molecule has 0 unspecified atom stereocenters. The van der Waals surface area contributed by atoms with Gasteiger partial charge in [0.15, 0.2) is 6.29 Å². The zero-order valence-electron chi connectivity index (χ0n) is 10.2. The lowest BCUT2D eigenvalue weighted by atomic mass is 10.2. The van der Waals surface area contributed by atoms with Crippen molar-refractivity contribution < 1.29 is 19.4 Å². The number of hydrogen-bond donors (Lipinski definition) is 2. The first-order valence-electron chi connectivity index (χ1n) is 5.85. The molecule has 0 fully saturated rings. The van der Waals surface area contributed by atoms with Crippen molar-refractivity contribution in [2.75, 3.05) is 26.4 Å². The summed E-state index contributed by atoms with van der Waals surface area (Å²) >= 11 is 0. The van der Waals surface area contributed by atoms with Crippen LogP contribution in [0, 0.1) is 0 Å². The quantitative estimate of drug-likeness (QED) is 0.430. The first kappa shape index (κ1) is 15.3. The Morgan fingerprint density at radius 2 is 1.88 bits per heavy atom. The van der Waals surface area contributed by atoms with Crippen LogP contribution in [0.15, 0.2) is 0 Å². The van der Waals surface area contributed by atoms with Crippen LogP contribution in [0.5, 0.6) is 0 Å². The topological polar surface area (TPSA) is 67.8 Å². The number of ether oxygens (including phenoxy) is 2. The molecule has 0 aromatic rings. The average Bonchev–Trinajstić information content (AvgIpc) is 2.27. The molecule has 5 heteroatoms. The van der Waals surface area contributed by atoms with Gasteiger partial charge in [0, 0.05) is 26.2 Å². The van der Waals surface area contributed by atoms with Crippen LogP contribution in [0.1, 0.15) is 33.1 Å². The van der Waals surface area contributed by atoms with Crippen LogP contribution in [0.4, 0.5) is 0 Å². The molecular weight excluding hydrogens is 210 g/mol. The first-order valence-corrected chi connectivity index (χ1v) is 5.85. The van der Waals surface area contributed by atoms with Crippen LogP contribution in [-0.4, -0.2) is 43.7 Å². The maximum absolute atomic E-state index is 11.3. The maximum atomic E-state index is 11.3. The summed E-state index contributed by atoms with van der Waals surface area (Å²) in [4.78, 5) is 11.3. The van der Waals surface area contributed by atoms with Crippen molar-refractivity contribution in [2.24, 2.45) is 0 Å². The number of amides is 1. The van der Waals surface area contributed by atoms with Crippen molar-refractivity contribution in [3.05, 3.63) is 0 Å². The zero-order chi connectivity index (χ0) is 12.2. The first-order chi connectivity index (χ1) is 7.74. The van der Waals surface area contributed by atoms with Crippen LogP contribution in [0.25, 0.3) is 0 Å². The molecule has 0 atom stereocenters. The van der Waals surface area contributed by atoms with E-state index in [0.29, 0.717) is 39.0 Å². The van der Waals surface area contributed by atoms with E-state index in [1.807, 2.05) is 13.8 Å². The van der Waals surface area contributed by atoms with Crippen LogP contribution in [-0.2, 0) is 14.3 Å². The molecule has 16 heavy (non-hydrogen) atoms. The van der Waals surface area contributed by atoms with E-state index in [-0.39, 0.29) is 18.8 Å². The lowest BCUT2D eigenvalue weighted by molar-refractivity contribution is -0.140. The standard InChI is InChI=1S/C11H23NO4/c1-3-15-11(16-4-2)9-12-10(14)7-5-6-8-13/h11,13H,3-9H2,1-2H3,(H,12,14). The molecule has 5 nitrogen and oxygen atoms in total. The Morgan fingerprint density at radius 1 is 1.25 bits per heavy atom. The summed E-state index contributed by atoms with van der Waals surface area (Å²) in [6, 6.07) is 0. The number of hydrogen-bond acceptors (Lipinski definition) is 4. The van der Waals surface area contributed by atoms with Gasteiger partial charge in [-0.15, -0.1) is 0 Å². The minimum Gasteiger partial charge on any atom is -0.396 e. The van der Waals surface area contributed by atoms with Gasteiger partial charge < -0.3 is 19.9 Å². The normalized spacial score (nSPS) is 10.8. The van der Waals surface area contributed by atoms with Crippen LogP contribution in [0.2, 0.25) is 0 Å². The molecule has 0 aliphatic rings. The van der Waals surface area contributed by atoms with Gasteiger partial charge in [-0.25, -0.2) is 0 Å². The Kier molecular flexibility index (Phi) is 10.4. The highest BCUT2D eigenvalue weighted by Gasteiger charge is 2.09. The van der Waals surface area contributed by atoms with Crippen molar-refractivity contribution >= 4 is 5.91 Å². The number of aliphatic hydroxyl groups excluding tert-OH is 1. The minimum atomic E-state index is -0.364. The van der Waals surface area contributed by atoms with E-state index in [4.69, 9.17) is 14.6 Å². The number of aliphatic hydroxyl groups is 1. The minimum absolute atomic E-state index is 0.0298. The number of unbranched alkanes of at least 4 members (excludes halogenated alkanes) is 1. The summed E-state index contributed by atoms with van der Waals surface area (Å²) in [7, 11) is 0. The molecule has 0 saturated carbocycles. The van der Waals surface area contributed by atoms with Gasteiger partial charge in [0.05, 0.1) is 6.54 Å². The molecule has 0 aliphatic heterocycles. The largest absolute Gasteiger partial charge is 0.396 e. The monoisotopic (exact) mass is 233 g/mol. The Hall–Kier alpha value is -0.650. The molecule has 0 spiro atoms. The molecule has 0 bridgehead atoms. The SMILES string of the molecule is CCOC(CNC(=O)CCCCO)OCC. The third kappa shape index (κ3) is 8.64. The molecule has 0 aliphatic carbocycles. The van der Waals surface area contributed by atoms with Gasteiger partial charge in [-0.05, 0) is 26.7 Å². The smallest absolute Gasteiger partial charge is 0.220 e. The molecule has 1 amide bonds. The Labute approximate surface area is 97.1 Å². The van der Waals surface area contributed by atoms with E-state index >= 15 is 0 Å². The highest BCUT2D eigenvalue weighted by atomic mass is 16.7. The molecule has 0 saturated heterocycles. The summed E-state index contributed by atoms with van der Waals surface area (Å²) in [6.07, 6.45) is 1.44. The zero-order valence-corrected chi connectivity index (χ0v) is 10.2. The fourth-order valence-electron chi connectivity index (χ4n) is 1.22. The molecule has 0 aromatic heterocycles. The molecular formula is C11H23NO4. The number of nitrogens with one attached hydrogen (secondary N) is 1. The highest BCUT2D eigenvalue weighted by molar-refractivity contribution is 5.75. The fourth-order valence-corrected chi connectivity index (χ4v) is 1.22. The summed E-state index contributed by atoms with van der Waals surface area (Å²) < 4.78 is 10.6. The number of carbonyl (C=O) groups is 1. The summed E-state index contributed by atoms with van der Waals surface area (Å²) in [6.45, 7) is 5.40. The van der Waals surface area contributed by atoms with E-state index in [2.05, 4.69) is 5.32 Å². The van der Waals surface area contributed by atoms with Crippen molar-refractivity contribution in [3.8, 4) is 0 Å². The fraction of sp³-hybridized carbons (Fsp3) is 0.909. The molecule has 0 radical (unpaired) electrons. The van der Waals surface area contributed by atoms with Crippen molar-refractivity contribution in [1.29, 1.82) is 0 Å². The van der Waals surface area contributed by atoms with E-state index in [0.717, 1.165) is 0 Å². The maximum Gasteiger partial charge on any atom is 0.220 e. The summed E-state index contributed by atoms with van der Waals surface area (Å²) in [5.41, 5.74) is 0. The van der Waals surface area contributed by atoms with Gasteiger partial charge in [-0.1, -0.05) is 0 Å². The van der Waals surface area contributed by atoms with Gasteiger partial charge in [0.2, 0.25) is 5.91 Å². The van der Waals surface area contributed by atoms with Gasteiger partial charge in [0.25, 0.3) is 0 Å². The Balaban J connectivity index is 3.60. The molecule has 0 heterocycles. The number of rotatable bonds is 10. The predicted octanol–water partition coefficient (Wildman–Crippen LogP) is 0.664. The molecule has 0 aromatic carbocycles. The van der Waals surface area contributed by atoms with Gasteiger partial charge in [-0.3, -0.25) is 4.79 Å². The highest BCUT2D eigenvalue weighted by Crippen LogP contribution is 1.96. The summed E-state index contributed by atoms with van der Waals surface area (Å²) in [5.74, 6) is -0.0298. The lowest BCUT2D eigenvalue weighted by Crippen LogP contribution is -2.35. The van der Waals surface area contributed by atoms with E-state index < -0.39 is 0 Å². The van der Waals surface area contributed by atoms with Crippen LogP contribution in [0.3, 0.4) is 0 Å². The average molecular weight is 233 g/mol. The third-order valence-electron chi connectivity index (χ3n) is 1.98. The number of carbonyl (C=O) groups excluding carboxylic acids is 1. The second-order valence-corrected chi connectivity index (χ2v) is 3.33. The third-order valence-corrected chi connectivity index (χ3v) is 1.98. The van der Waals surface area contributed by atoms with Crippen molar-refractivity contribution in [3.63, 3.8) is 0 Å². The summed E-state index contributed by atoms with van der Waals surface area (Å²) in [5, 5.41) is 11.3. The molecule has 2 N–H and O–H groups in total. The predicted molar refractivity (Wildman–Crippen MR) is 61.0 cm³/mol. The Bertz CT molecular complexity index is 169.